The molecule has 0 spiro atoms. The number of rotatable bonds is 7. The highest BCUT2D eigenvalue weighted by atomic mass is 32.2. The van der Waals surface area contributed by atoms with Crippen molar-refractivity contribution >= 4 is 17.9 Å². The number of aliphatic hydroxyl groups is 1. The number of ether oxygens (including phenoxy) is 1. The van der Waals surface area contributed by atoms with E-state index >= 15 is 0 Å². The lowest BCUT2D eigenvalue weighted by molar-refractivity contribution is -0.132. The molecule has 0 saturated carbocycles. The highest BCUT2D eigenvalue weighted by molar-refractivity contribution is 7.97. The molecule has 0 aliphatic carbocycles. The van der Waals surface area contributed by atoms with Crippen LogP contribution in [-0.4, -0.2) is 55.0 Å². The Labute approximate surface area is 196 Å². The molecule has 0 radical (unpaired) electrons. The first-order chi connectivity index (χ1) is 16.0. The molecule has 180 valence electrons. The molecule has 3 aromatic rings. The first-order valence-corrected chi connectivity index (χ1v) is 11.3. The van der Waals surface area contributed by atoms with Crippen molar-refractivity contribution < 1.29 is 23.4 Å². The first kappa shape index (κ1) is 26.3. The number of benzene rings is 1. The van der Waals surface area contributed by atoms with Crippen molar-refractivity contribution in [1.82, 2.24) is 23.9 Å². The summed E-state index contributed by atoms with van der Waals surface area (Å²) in [6, 6.07) is 9.68. The quantitative estimate of drug-likeness (QED) is 0.552. The Balaban J connectivity index is 0.000000323. The summed E-state index contributed by atoms with van der Waals surface area (Å²) in [5.74, 6) is 0.811. The fraction of sp³-hybridized carbons (Fsp3) is 0.409. The molecule has 1 aromatic carbocycles. The zero-order valence-corrected chi connectivity index (χ0v) is 19.7. The Morgan fingerprint density at radius 2 is 1.94 bits per heavy atom. The Morgan fingerprint density at radius 3 is 2.52 bits per heavy atom. The average Bonchev–Trinajstić information content (AvgIpc) is 3.51. The van der Waals surface area contributed by atoms with Gasteiger partial charge in [-0.25, -0.2) is 12.9 Å². The van der Waals surface area contributed by atoms with Crippen LogP contribution in [0.5, 0.6) is 5.75 Å². The molecule has 11 heteroatoms. The van der Waals surface area contributed by atoms with Crippen molar-refractivity contribution in [1.29, 1.82) is 0 Å². The maximum atomic E-state index is 12.3. The summed E-state index contributed by atoms with van der Waals surface area (Å²) in [5, 5.41) is 17.1. The summed E-state index contributed by atoms with van der Waals surface area (Å²) in [6.45, 7) is 4.30. The molecule has 1 N–H and O–H groups in total. The maximum Gasteiger partial charge on any atom is 0.257 e. The van der Waals surface area contributed by atoms with Gasteiger partial charge in [-0.15, -0.1) is 0 Å². The summed E-state index contributed by atoms with van der Waals surface area (Å²) in [4.78, 5) is 14.1. The van der Waals surface area contributed by atoms with Crippen molar-refractivity contribution in [3.05, 3.63) is 60.2 Å². The molecule has 8 nitrogen and oxygen atoms in total. The minimum Gasteiger partial charge on any atom is -0.497 e. The third-order valence-electron chi connectivity index (χ3n) is 4.35. The Morgan fingerprint density at radius 1 is 1.21 bits per heavy atom. The summed E-state index contributed by atoms with van der Waals surface area (Å²) >= 11 is 1.27. The minimum absolute atomic E-state index is 0.0991. The van der Waals surface area contributed by atoms with Gasteiger partial charge in [0.1, 0.15) is 12.3 Å². The second-order valence-corrected chi connectivity index (χ2v) is 7.65. The number of aromatic nitrogens is 4. The number of nitrogens with zero attached hydrogens (tertiary/aromatic N) is 5. The highest BCUT2D eigenvalue weighted by Gasteiger charge is 2.26. The molecular weight excluding hydrogens is 452 g/mol. The van der Waals surface area contributed by atoms with Gasteiger partial charge in [0.15, 0.2) is 0 Å². The summed E-state index contributed by atoms with van der Waals surface area (Å²) in [6.07, 6.45) is 2.54. The number of aliphatic hydroxyl groups excluding tert-OH is 1. The second-order valence-electron chi connectivity index (χ2n) is 6.62. The molecule has 33 heavy (non-hydrogen) atoms. The maximum absolute atomic E-state index is 12.3. The zero-order valence-electron chi connectivity index (χ0n) is 18.9. The Bertz CT molecular complexity index is 958. The van der Waals surface area contributed by atoms with Crippen molar-refractivity contribution in [2.75, 3.05) is 13.7 Å². The topological polar surface area (TPSA) is 85.4 Å². The van der Waals surface area contributed by atoms with Crippen LogP contribution in [0.25, 0.3) is 0 Å². The molecule has 0 saturated heterocycles. The van der Waals surface area contributed by atoms with E-state index in [1.54, 1.807) is 22.3 Å². The van der Waals surface area contributed by atoms with Gasteiger partial charge in [-0.3, -0.25) is 9.48 Å². The number of halogens is 2. The van der Waals surface area contributed by atoms with Crippen LogP contribution < -0.4 is 4.74 Å². The van der Waals surface area contributed by atoms with E-state index in [1.165, 1.54) is 22.8 Å². The molecule has 1 aliphatic rings. The summed E-state index contributed by atoms with van der Waals surface area (Å²) in [5.41, 5.74) is 1.76. The van der Waals surface area contributed by atoms with E-state index in [9.17, 15) is 13.6 Å². The smallest absolute Gasteiger partial charge is 0.257 e. The Kier molecular flexibility index (Phi) is 10.8. The first-order valence-electron chi connectivity index (χ1n) is 10.5. The van der Waals surface area contributed by atoms with E-state index in [4.69, 9.17) is 9.84 Å². The van der Waals surface area contributed by atoms with Gasteiger partial charge < -0.3 is 14.7 Å². The van der Waals surface area contributed by atoms with Crippen LogP contribution in [0.4, 0.5) is 8.78 Å². The minimum atomic E-state index is -2.44. The average molecular weight is 482 g/mol. The van der Waals surface area contributed by atoms with Crippen LogP contribution in [0, 0.1) is 0 Å². The van der Waals surface area contributed by atoms with Gasteiger partial charge in [0.25, 0.3) is 6.43 Å². The van der Waals surface area contributed by atoms with Crippen LogP contribution in [0.15, 0.2) is 53.8 Å². The number of carbonyl (C=O) groups excluding carboxylic acids is 1. The van der Waals surface area contributed by atoms with Gasteiger partial charge >= 0.3 is 0 Å². The lowest BCUT2D eigenvalue weighted by atomic mass is 10.3. The third-order valence-corrected chi connectivity index (χ3v) is 5.14. The van der Waals surface area contributed by atoms with Crippen molar-refractivity contribution in [2.45, 2.75) is 51.2 Å². The van der Waals surface area contributed by atoms with Gasteiger partial charge in [0, 0.05) is 42.9 Å². The van der Waals surface area contributed by atoms with E-state index in [1.807, 2.05) is 50.4 Å². The largest absolute Gasteiger partial charge is 0.497 e. The fourth-order valence-electron chi connectivity index (χ4n) is 2.90. The molecule has 0 unspecified atom stereocenters. The standard InChI is InChI=1S/C13H15F2N5O2S.C7H8O.C2H6/c14-12(15)8-19-6-10(3-16-19)23-20-5-9-4-18(7-11(9)17-20)13(22)1-2-21;1-8-7-5-3-2-4-6-7;1-2/h3,5-6,12,21H,1-2,4,7-8H2;2-6H,1H3;1-2H3. The van der Waals surface area contributed by atoms with Gasteiger partial charge in [0.2, 0.25) is 5.91 Å². The lowest BCUT2D eigenvalue weighted by Gasteiger charge is -2.14. The van der Waals surface area contributed by atoms with Crippen LogP contribution in [0.2, 0.25) is 0 Å². The number of hydrogen-bond acceptors (Lipinski definition) is 6. The molecule has 0 fully saturated rings. The van der Waals surface area contributed by atoms with Gasteiger partial charge in [-0.1, -0.05) is 32.0 Å². The number of para-hydroxylation sites is 1. The van der Waals surface area contributed by atoms with Crippen LogP contribution in [0.1, 0.15) is 31.5 Å². The Hall–Kier alpha value is -2.92. The molecule has 1 aliphatic heterocycles. The molecule has 2 aromatic heterocycles. The number of carbonyl (C=O) groups is 1. The molecule has 0 bridgehead atoms. The predicted molar refractivity (Wildman–Crippen MR) is 122 cm³/mol. The fourth-order valence-corrected chi connectivity index (χ4v) is 3.70. The van der Waals surface area contributed by atoms with E-state index in [0.29, 0.717) is 18.0 Å². The number of fused-ring (bicyclic) bond motifs is 1. The van der Waals surface area contributed by atoms with Crippen molar-refractivity contribution in [3.63, 3.8) is 0 Å². The van der Waals surface area contributed by atoms with Crippen LogP contribution in [-0.2, 0) is 24.4 Å². The molecular formula is C22H29F2N5O3S. The molecule has 4 rings (SSSR count). The van der Waals surface area contributed by atoms with Crippen LogP contribution >= 0.6 is 11.9 Å². The number of hydrogen-bond donors (Lipinski definition) is 1. The zero-order chi connectivity index (χ0) is 24.2. The molecule has 3 heterocycles. The monoisotopic (exact) mass is 481 g/mol. The summed E-state index contributed by atoms with van der Waals surface area (Å²) < 4.78 is 32.3. The van der Waals surface area contributed by atoms with E-state index < -0.39 is 13.0 Å². The van der Waals surface area contributed by atoms with Crippen LogP contribution in [0.3, 0.4) is 0 Å². The molecule has 0 atom stereocenters. The number of methoxy groups -OCH3 is 1. The molecule has 1 amide bonds. The number of amides is 1. The van der Waals surface area contributed by atoms with E-state index in [0.717, 1.165) is 17.0 Å². The van der Waals surface area contributed by atoms with Gasteiger partial charge in [-0.05, 0) is 12.1 Å². The van der Waals surface area contributed by atoms with E-state index in [2.05, 4.69) is 10.2 Å². The third kappa shape index (κ3) is 8.17. The SMILES string of the molecule is CC.COc1ccccc1.O=C(CCO)N1Cc2cn(Sc3cnn(CC(F)F)c3)nc2C1. The normalized spacial score (nSPS) is 11.9. The number of alkyl halides is 2. The predicted octanol–water partition coefficient (Wildman–Crippen LogP) is 3.85. The van der Waals surface area contributed by atoms with E-state index in [-0.39, 0.29) is 18.9 Å². The van der Waals surface area contributed by atoms with Gasteiger partial charge in [-0.2, -0.15) is 10.2 Å². The highest BCUT2D eigenvalue weighted by Crippen LogP contribution is 2.26. The lowest BCUT2D eigenvalue weighted by Crippen LogP contribution is -2.26. The van der Waals surface area contributed by atoms with Crippen molar-refractivity contribution in [2.24, 2.45) is 0 Å². The van der Waals surface area contributed by atoms with Gasteiger partial charge in [0.05, 0.1) is 37.0 Å². The van der Waals surface area contributed by atoms with Crippen molar-refractivity contribution in [3.8, 4) is 5.75 Å². The second kappa shape index (κ2) is 13.6. The summed E-state index contributed by atoms with van der Waals surface area (Å²) in [7, 11) is 1.66.